The number of carbonyl (C=O) groups excluding carboxylic acids is 4. The lowest BCUT2D eigenvalue weighted by Crippen LogP contribution is -2.35. The summed E-state index contributed by atoms with van der Waals surface area (Å²) in [6, 6.07) is 14.0. The van der Waals surface area contributed by atoms with Crippen LogP contribution in [0.4, 0.5) is 5.00 Å². The van der Waals surface area contributed by atoms with Gasteiger partial charge >= 0.3 is 0 Å². The number of carbonyl (C=O) groups is 4. The Morgan fingerprint density at radius 1 is 0.672 bits per heavy atom. The summed E-state index contributed by atoms with van der Waals surface area (Å²) in [5.74, 6) is -0.186. The van der Waals surface area contributed by atoms with Gasteiger partial charge in [0.2, 0.25) is 0 Å². The monoisotopic (exact) mass is 803 g/mol. The molecule has 0 saturated heterocycles. The summed E-state index contributed by atoms with van der Waals surface area (Å²) < 4.78 is 0. The van der Waals surface area contributed by atoms with E-state index in [0.717, 1.165) is 72.7 Å². The minimum Gasteiger partial charge on any atom is -0.293 e. The second-order valence-corrected chi connectivity index (χ2v) is 21.3. The molecule has 58 heavy (non-hydrogen) atoms. The molecule has 0 N–H and O–H groups in total. The van der Waals surface area contributed by atoms with Crippen molar-refractivity contribution in [2.75, 3.05) is 0 Å². The van der Waals surface area contributed by atoms with Crippen molar-refractivity contribution in [1.82, 2.24) is 0 Å². The Morgan fingerprint density at radius 3 is 1.86 bits per heavy atom. The molecule has 2 spiro atoms. The second-order valence-electron chi connectivity index (χ2n) is 19.2. The lowest BCUT2D eigenvalue weighted by molar-refractivity contribution is -0.123. The molecule has 4 atom stereocenters. The van der Waals surface area contributed by atoms with Crippen LogP contribution < -0.4 is 0 Å². The Bertz CT molecular complexity index is 2510. The van der Waals surface area contributed by atoms with Gasteiger partial charge in [0, 0.05) is 43.5 Å². The van der Waals surface area contributed by atoms with E-state index in [4.69, 9.17) is 4.99 Å². The molecule has 2 aromatic heterocycles. The van der Waals surface area contributed by atoms with Crippen LogP contribution in [0.2, 0.25) is 0 Å². The lowest BCUT2D eigenvalue weighted by atomic mass is 9.60. The standard InChI is InChI=1S/C51H49NO4S2/c1-27(40-44(53)33-21-28-12-4-5-13-29(28)22-34(33)45(40)54)20-32-25-38-41(50(32)16-8-2-9-17-50)42-49(57-38)48-37(51(42)18-10-3-11-19-51)26-39(58-48)52-43-46(55)35-23-30-14-6-7-15-31(30)24-36(35)47(43)56/h4-5,12-13,21-22,25-26,30-31,35-36,40H,1-3,6-11,14-20,23-24H2. The third-order valence-corrected chi connectivity index (χ3v) is 18.8. The summed E-state index contributed by atoms with van der Waals surface area (Å²) in [5, 5.41) is 2.78. The summed E-state index contributed by atoms with van der Waals surface area (Å²) in [5.41, 5.74) is 7.59. The highest BCUT2D eigenvalue weighted by Gasteiger charge is 2.56. The zero-order chi connectivity index (χ0) is 39.1. The molecule has 2 heterocycles. The Kier molecular flexibility index (Phi) is 8.01. The van der Waals surface area contributed by atoms with Crippen LogP contribution in [0.3, 0.4) is 0 Å². The van der Waals surface area contributed by atoms with Gasteiger partial charge < -0.3 is 0 Å². The largest absolute Gasteiger partial charge is 0.293 e. The molecular weight excluding hydrogens is 755 g/mol. The molecule has 8 aliphatic carbocycles. The molecule has 0 radical (unpaired) electrons. The van der Waals surface area contributed by atoms with E-state index < -0.39 is 5.92 Å². The zero-order valence-electron chi connectivity index (χ0n) is 33.1. The number of hydrogen-bond donors (Lipinski definition) is 0. The molecule has 2 aromatic carbocycles. The molecule has 5 fully saturated rings. The molecule has 4 unspecified atom stereocenters. The first-order valence-corrected chi connectivity index (χ1v) is 23.9. The summed E-state index contributed by atoms with van der Waals surface area (Å²) in [6.07, 6.45) is 21.1. The van der Waals surface area contributed by atoms with Gasteiger partial charge in [0.25, 0.3) is 0 Å². The van der Waals surface area contributed by atoms with Crippen LogP contribution in [-0.2, 0) is 20.4 Å². The summed E-state index contributed by atoms with van der Waals surface area (Å²) in [6.45, 7) is 4.53. The van der Waals surface area contributed by atoms with Crippen molar-refractivity contribution in [2.45, 2.75) is 120 Å². The number of aliphatic imine (C=N–C) groups is 1. The SMILES string of the molecule is C=C(CC1=Cc2sc3c(c2C12CCCCC2)C1(CCCCC1)c1cc(N=C2C(=O)C4CC5CCCCC5CC4C2=O)sc1-3)C1C(=O)c2cc3ccccc3cc2C1=O. The average molecular weight is 804 g/mol. The highest BCUT2D eigenvalue weighted by molar-refractivity contribution is 7.25. The molecule has 12 rings (SSSR count). The predicted molar refractivity (Wildman–Crippen MR) is 233 cm³/mol. The molecule has 5 nitrogen and oxygen atoms in total. The summed E-state index contributed by atoms with van der Waals surface area (Å²) >= 11 is 3.62. The molecule has 7 heteroatoms. The molecule has 0 bridgehead atoms. The fourth-order valence-electron chi connectivity index (χ4n) is 13.8. The van der Waals surface area contributed by atoms with Crippen LogP contribution >= 0.6 is 22.7 Å². The summed E-state index contributed by atoms with van der Waals surface area (Å²) in [4.78, 5) is 64.8. The quantitative estimate of drug-likeness (QED) is 0.152. The average Bonchev–Trinajstić information content (AvgIpc) is 4.05. The van der Waals surface area contributed by atoms with Crippen LogP contribution in [0.15, 0.2) is 65.2 Å². The topological polar surface area (TPSA) is 80.6 Å². The number of nitrogens with zero attached hydrogens (tertiary/aromatic N) is 1. The number of Topliss-reactive ketones (excluding diaryl/α,β-unsaturated/α-hetero) is 4. The van der Waals surface area contributed by atoms with Gasteiger partial charge in [-0.2, -0.15) is 0 Å². The van der Waals surface area contributed by atoms with Crippen LogP contribution in [0, 0.1) is 29.6 Å². The Labute approximate surface area is 348 Å². The van der Waals surface area contributed by atoms with Gasteiger partial charge in [-0.1, -0.05) is 106 Å². The lowest BCUT2D eigenvalue weighted by Gasteiger charge is -2.42. The van der Waals surface area contributed by atoms with Crippen molar-refractivity contribution in [3.8, 4) is 9.75 Å². The smallest absolute Gasteiger partial charge is 0.188 e. The first-order valence-electron chi connectivity index (χ1n) is 22.3. The van der Waals surface area contributed by atoms with Crippen LogP contribution in [0.25, 0.3) is 26.6 Å². The van der Waals surface area contributed by atoms with Crippen LogP contribution in [0.5, 0.6) is 0 Å². The van der Waals surface area contributed by atoms with E-state index in [9.17, 15) is 19.2 Å². The highest BCUT2D eigenvalue weighted by Crippen LogP contribution is 2.68. The van der Waals surface area contributed by atoms with E-state index >= 15 is 0 Å². The number of fused-ring (bicyclic) bond motifs is 12. The van der Waals surface area contributed by atoms with Gasteiger partial charge in [0.05, 0.1) is 4.88 Å². The van der Waals surface area contributed by atoms with E-state index in [1.165, 1.54) is 82.7 Å². The number of hydrogen-bond acceptors (Lipinski definition) is 7. The number of rotatable bonds is 4. The number of benzene rings is 2. The minimum absolute atomic E-state index is 0.00700. The van der Waals surface area contributed by atoms with E-state index in [-0.39, 0.29) is 51.5 Å². The van der Waals surface area contributed by atoms with E-state index in [2.05, 4.69) is 18.7 Å². The van der Waals surface area contributed by atoms with Crippen molar-refractivity contribution < 1.29 is 19.2 Å². The zero-order valence-corrected chi connectivity index (χ0v) is 34.8. The minimum atomic E-state index is -0.832. The molecule has 0 amide bonds. The van der Waals surface area contributed by atoms with Gasteiger partial charge in [-0.15, -0.1) is 22.7 Å². The Balaban J connectivity index is 0.903. The molecule has 4 aromatic rings. The van der Waals surface area contributed by atoms with Crippen molar-refractivity contribution in [1.29, 1.82) is 0 Å². The number of thiophene rings is 2. The molecule has 294 valence electrons. The van der Waals surface area contributed by atoms with E-state index in [0.29, 0.717) is 29.4 Å². The maximum atomic E-state index is 14.0. The van der Waals surface area contributed by atoms with Crippen molar-refractivity contribution >= 4 is 73.4 Å². The third-order valence-electron chi connectivity index (χ3n) is 16.5. The van der Waals surface area contributed by atoms with Gasteiger partial charge in [0.1, 0.15) is 10.9 Å². The van der Waals surface area contributed by atoms with Gasteiger partial charge in [-0.05, 0) is 109 Å². The van der Waals surface area contributed by atoms with Gasteiger partial charge in [-0.25, -0.2) is 4.99 Å². The van der Waals surface area contributed by atoms with E-state index in [1.807, 2.05) is 47.7 Å². The highest BCUT2D eigenvalue weighted by atomic mass is 32.1. The fraction of sp³-hybridized carbons (Fsp3) is 0.471. The molecule has 5 saturated carbocycles. The first kappa shape index (κ1) is 35.8. The predicted octanol–water partition coefficient (Wildman–Crippen LogP) is 12.5. The first-order chi connectivity index (χ1) is 28.3. The third kappa shape index (κ3) is 4.89. The molecule has 0 aliphatic heterocycles. The Morgan fingerprint density at radius 2 is 1.26 bits per heavy atom. The summed E-state index contributed by atoms with van der Waals surface area (Å²) in [7, 11) is 0. The molecule has 8 aliphatic rings. The fourth-order valence-corrected chi connectivity index (χ4v) is 16.5. The number of ketones is 4. The molecular formula is C51H49NO4S2. The van der Waals surface area contributed by atoms with Crippen molar-refractivity contribution in [3.05, 3.63) is 92.9 Å². The van der Waals surface area contributed by atoms with Gasteiger partial charge in [0.15, 0.2) is 28.8 Å². The van der Waals surface area contributed by atoms with Crippen LogP contribution in [0.1, 0.15) is 151 Å². The van der Waals surface area contributed by atoms with Gasteiger partial charge in [-0.3, -0.25) is 19.2 Å². The van der Waals surface area contributed by atoms with Crippen LogP contribution in [-0.4, -0.2) is 28.8 Å². The second kappa shape index (κ2) is 13.0. The van der Waals surface area contributed by atoms with Crippen molar-refractivity contribution in [3.63, 3.8) is 0 Å². The maximum absolute atomic E-state index is 14.0. The Hall–Kier alpha value is -4.07. The maximum Gasteiger partial charge on any atom is 0.188 e. The van der Waals surface area contributed by atoms with E-state index in [1.54, 1.807) is 16.9 Å². The van der Waals surface area contributed by atoms with Crippen molar-refractivity contribution in [2.24, 2.45) is 34.6 Å². The normalized spacial score (nSPS) is 27.8. The number of allylic oxidation sites excluding steroid dienone is 2.